The van der Waals surface area contributed by atoms with E-state index in [2.05, 4.69) is 10.3 Å². The Morgan fingerprint density at radius 1 is 1.27 bits per heavy atom. The van der Waals surface area contributed by atoms with Crippen LogP contribution in [0.15, 0.2) is 42.6 Å². The smallest absolute Gasteiger partial charge is 0.259 e. The SMILES string of the molecule is Nc1[nH]cc2cc(NC(=O)[C@H](O)[C@H]3OCCN(c4ccc(F)c(F)c4)C3=O)ccc12. The summed E-state index contributed by atoms with van der Waals surface area (Å²) in [7, 11) is 0. The van der Waals surface area contributed by atoms with Gasteiger partial charge in [0, 0.05) is 41.0 Å². The molecule has 2 atom stereocenters. The number of rotatable bonds is 4. The van der Waals surface area contributed by atoms with Crippen molar-refractivity contribution in [3.8, 4) is 0 Å². The second kappa shape index (κ2) is 7.73. The Bertz CT molecular complexity index is 1130. The Hall–Kier alpha value is -3.50. The molecular formula is C20H18F2N4O4. The topological polar surface area (TPSA) is 121 Å². The highest BCUT2D eigenvalue weighted by molar-refractivity contribution is 6.04. The van der Waals surface area contributed by atoms with Crippen LogP contribution in [0.4, 0.5) is 26.0 Å². The zero-order chi connectivity index (χ0) is 21.4. The minimum atomic E-state index is -1.81. The number of hydrogen-bond acceptors (Lipinski definition) is 5. The molecule has 8 nitrogen and oxygen atoms in total. The lowest BCUT2D eigenvalue weighted by Crippen LogP contribution is -2.55. The molecule has 156 valence electrons. The molecule has 1 fully saturated rings. The van der Waals surface area contributed by atoms with Gasteiger partial charge in [0.1, 0.15) is 5.82 Å². The van der Waals surface area contributed by atoms with Crippen molar-refractivity contribution in [1.82, 2.24) is 4.98 Å². The molecule has 0 unspecified atom stereocenters. The van der Waals surface area contributed by atoms with Crippen molar-refractivity contribution in [2.75, 3.05) is 29.1 Å². The first-order valence-electron chi connectivity index (χ1n) is 9.09. The van der Waals surface area contributed by atoms with Gasteiger partial charge in [-0.2, -0.15) is 0 Å². The second-order valence-corrected chi connectivity index (χ2v) is 6.82. The van der Waals surface area contributed by atoms with Crippen LogP contribution in [0.5, 0.6) is 0 Å². The fraction of sp³-hybridized carbons (Fsp3) is 0.200. The summed E-state index contributed by atoms with van der Waals surface area (Å²) in [6.07, 6.45) is -1.62. The monoisotopic (exact) mass is 416 g/mol. The first-order valence-corrected chi connectivity index (χ1v) is 9.09. The Balaban J connectivity index is 1.49. The minimum Gasteiger partial charge on any atom is -0.385 e. The van der Waals surface area contributed by atoms with Gasteiger partial charge in [0.05, 0.1) is 6.61 Å². The van der Waals surface area contributed by atoms with Crippen molar-refractivity contribution >= 4 is 39.8 Å². The maximum atomic E-state index is 13.5. The molecule has 4 rings (SSSR count). The molecule has 0 bridgehead atoms. The number of nitrogens with zero attached hydrogens (tertiary/aromatic N) is 1. The number of fused-ring (bicyclic) bond motifs is 1. The predicted molar refractivity (Wildman–Crippen MR) is 106 cm³/mol. The van der Waals surface area contributed by atoms with Gasteiger partial charge in [0.15, 0.2) is 23.8 Å². The zero-order valence-corrected chi connectivity index (χ0v) is 15.6. The van der Waals surface area contributed by atoms with E-state index >= 15 is 0 Å². The van der Waals surface area contributed by atoms with E-state index in [0.717, 1.165) is 27.8 Å². The average Bonchev–Trinajstić information content (AvgIpc) is 3.10. The number of carbonyl (C=O) groups is 2. The van der Waals surface area contributed by atoms with E-state index in [1.165, 1.54) is 6.07 Å². The number of nitrogen functional groups attached to an aromatic ring is 1. The molecule has 5 N–H and O–H groups in total. The van der Waals surface area contributed by atoms with Gasteiger partial charge in [-0.05, 0) is 30.3 Å². The summed E-state index contributed by atoms with van der Waals surface area (Å²) >= 11 is 0. The van der Waals surface area contributed by atoms with Crippen molar-refractivity contribution < 1.29 is 28.2 Å². The number of carbonyl (C=O) groups excluding carboxylic acids is 2. The molecule has 10 heteroatoms. The summed E-state index contributed by atoms with van der Waals surface area (Å²) in [5, 5.41) is 14.5. The largest absolute Gasteiger partial charge is 0.385 e. The number of H-pyrrole nitrogens is 1. The highest BCUT2D eigenvalue weighted by Gasteiger charge is 2.39. The lowest BCUT2D eigenvalue weighted by Gasteiger charge is -2.34. The normalized spacial score (nSPS) is 17.9. The number of amides is 2. The fourth-order valence-electron chi connectivity index (χ4n) is 3.33. The maximum Gasteiger partial charge on any atom is 0.259 e. The summed E-state index contributed by atoms with van der Waals surface area (Å²) in [4.78, 5) is 29.2. The lowest BCUT2D eigenvalue weighted by molar-refractivity contribution is -0.150. The van der Waals surface area contributed by atoms with Crippen LogP contribution in [0.1, 0.15) is 0 Å². The average molecular weight is 416 g/mol. The number of ether oxygens (including phenoxy) is 1. The van der Waals surface area contributed by atoms with Crippen LogP contribution in [0.2, 0.25) is 0 Å². The molecule has 1 aliphatic heterocycles. The van der Waals surface area contributed by atoms with Gasteiger partial charge in [0.2, 0.25) is 0 Å². The number of benzene rings is 2. The van der Waals surface area contributed by atoms with Gasteiger partial charge >= 0.3 is 0 Å². The maximum absolute atomic E-state index is 13.5. The van der Waals surface area contributed by atoms with E-state index in [0.29, 0.717) is 11.5 Å². The van der Waals surface area contributed by atoms with E-state index in [1.54, 1.807) is 24.4 Å². The summed E-state index contributed by atoms with van der Waals surface area (Å²) in [6.45, 7) is 0.0780. The third kappa shape index (κ3) is 3.58. The first-order chi connectivity index (χ1) is 14.3. The van der Waals surface area contributed by atoms with E-state index in [9.17, 15) is 23.5 Å². The lowest BCUT2D eigenvalue weighted by atomic mass is 10.1. The fourth-order valence-corrected chi connectivity index (χ4v) is 3.33. The number of aliphatic hydroxyl groups excluding tert-OH is 1. The highest BCUT2D eigenvalue weighted by Crippen LogP contribution is 2.25. The molecule has 1 saturated heterocycles. The molecule has 1 aliphatic rings. The van der Waals surface area contributed by atoms with Gasteiger partial charge in [-0.3, -0.25) is 9.59 Å². The molecule has 2 heterocycles. The second-order valence-electron chi connectivity index (χ2n) is 6.82. The molecule has 3 aromatic rings. The molecular weight excluding hydrogens is 398 g/mol. The summed E-state index contributed by atoms with van der Waals surface area (Å²) < 4.78 is 32.0. The van der Waals surface area contributed by atoms with Crippen LogP contribution in [0, 0.1) is 11.6 Å². The highest BCUT2D eigenvalue weighted by atomic mass is 19.2. The number of aromatic amines is 1. The zero-order valence-electron chi connectivity index (χ0n) is 15.6. The Morgan fingerprint density at radius 3 is 2.83 bits per heavy atom. The number of nitrogens with one attached hydrogen (secondary N) is 2. The molecule has 0 saturated carbocycles. The number of aromatic nitrogens is 1. The molecule has 30 heavy (non-hydrogen) atoms. The van der Waals surface area contributed by atoms with Crippen molar-refractivity contribution in [3.63, 3.8) is 0 Å². The number of halogens is 2. The van der Waals surface area contributed by atoms with Gasteiger partial charge in [0.25, 0.3) is 11.8 Å². The van der Waals surface area contributed by atoms with Crippen molar-refractivity contribution in [2.24, 2.45) is 0 Å². The van der Waals surface area contributed by atoms with Crippen LogP contribution in [-0.2, 0) is 14.3 Å². The Labute approximate surface area is 169 Å². The minimum absolute atomic E-state index is 0.00826. The summed E-state index contributed by atoms with van der Waals surface area (Å²) in [5.74, 6) is -3.24. The van der Waals surface area contributed by atoms with Crippen molar-refractivity contribution in [1.29, 1.82) is 0 Å². The predicted octanol–water partition coefficient (Wildman–Crippen LogP) is 1.76. The van der Waals surface area contributed by atoms with Crippen molar-refractivity contribution in [3.05, 3.63) is 54.2 Å². The van der Waals surface area contributed by atoms with Gasteiger partial charge < -0.3 is 30.8 Å². The molecule has 2 aromatic carbocycles. The summed E-state index contributed by atoms with van der Waals surface area (Å²) in [5.41, 5.74) is 6.28. The number of nitrogens with two attached hydrogens (primary N) is 1. The molecule has 0 spiro atoms. The third-order valence-electron chi connectivity index (χ3n) is 4.88. The molecule has 1 aromatic heterocycles. The number of morpholine rings is 1. The first kappa shape index (κ1) is 19.8. The molecule has 2 amide bonds. The standard InChI is InChI=1S/C20H18F2N4O4/c21-14-4-2-12(8-15(14)22)26-5-6-30-17(20(26)29)16(27)19(28)25-11-1-3-13-10(7-11)9-24-18(13)23/h1-4,7-9,16-17,24,27H,5-6,23H2,(H,25,28)/t16-,17-/m1/s1. The van der Waals surface area contributed by atoms with Crippen LogP contribution in [0.25, 0.3) is 10.8 Å². The van der Waals surface area contributed by atoms with E-state index in [4.69, 9.17) is 10.5 Å². The molecule has 0 radical (unpaired) electrons. The summed E-state index contributed by atoms with van der Waals surface area (Å²) in [6, 6.07) is 7.98. The molecule has 0 aliphatic carbocycles. The third-order valence-corrected chi connectivity index (χ3v) is 4.88. The Kier molecular flexibility index (Phi) is 5.10. The van der Waals surface area contributed by atoms with Crippen LogP contribution in [0.3, 0.4) is 0 Å². The Morgan fingerprint density at radius 2 is 2.07 bits per heavy atom. The van der Waals surface area contributed by atoms with Crippen LogP contribution < -0.4 is 16.0 Å². The number of anilines is 3. The number of aliphatic hydroxyl groups is 1. The van der Waals surface area contributed by atoms with E-state index < -0.39 is 35.7 Å². The van der Waals surface area contributed by atoms with E-state index in [1.807, 2.05) is 0 Å². The van der Waals surface area contributed by atoms with Crippen LogP contribution in [-0.4, -0.2) is 47.3 Å². The number of hydrogen-bond donors (Lipinski definition) is 4. The quantitative estimate of drug-likeness (QED) is 0.517. The van der Waals surface area contributed by atoms with Gasteiger partial charge in [-0.15, -0.1) is 0 Å². The van der Waals surface area contributed by atoms with Crippen LogP contribution >= 0.6 is 0 Å². The van der Waals surface area contributed by atoms with E-state index in [-0.39, 0.29) is 18.8 Å². The van der Waals surface area contributed by atoms with Gasteiger partial charge in [-0.25, -0.2) is 8.78 Å². The van der Waals surface area contributed by atoms with Crippen molar-refractivity contribution in [2.45, 2.75) is 12.2 Å². The van der Waals surface area contributed by atoms with Gasteiger partial charge in [-0.1, -0.05) is 0 Å².